The lowest BCUT2D eigenvalue weighted by Crippen LogP contribution is -2.19. The summed E-state index contributed by atoms with van der Waals surface area (Å²) in [7, 11) is 0. The molecule has 1 aromatic heterocycles. The second-order valence-corrected chi connectivity index (χ2v) is 6.08. The lowest BCUT2D eigenvalue weighted by molar-refractivity contribution is -0.117. The van der Waals surface area contributed by atoms with Gasteiger partial charge in [0.05, 0.1) is 6.54 Å². The molecule has 1 N–H and O–H groups in total. The van der Waals surface area contributed by atoms with Gasteiger partial charge in [-0.25, -0.2) is 9.67 Å². The minimum atomic E-state index is -0.00286. The monoisotopic (exact) mass is 272 g/mol. The molecule has 0 radical (unpaired) electrons. The standard InChI is InChI=1S/C15H20N4O/c1-15(2,3)8-14(20)18-13-6-4-12(5-7-13)9-19-11-16-10-17-19/h4-7,10-11H,8-9H2,1-3H3,(H,18,20). The number of amides is 1. The van der Waals surface area contributed by atoms with E-state index < -0.39 is 0 Å². The van der Waals surface area contributed by atoms with E-state index in [0.717, 1.165) is 11.3 Å². The minimum absolute atomic E-state index is 0.00286. The van der Waals surface area contributed by atoms with Crippen LogP contribution in [0.15, 0.2) is 36.9 Å². The van der Waals surface area contributed by atoms with Gasteiger partial charge in [-0.1, -0.05) is 32.9 Å². The highest BCUT2D eigenvalue weighted by Gasteiger charge is 2.15. The first kappa shape index (κ1) is 14.2. The molecule has 1 heterocycles. The zero-order valence-corrected chi connectivity index (χ0v) is 12.1. The lowest BCUT2D eigenvalue weighted by Gasteiger charge is -2.17. The van der Waals surface area contributed by atoms with Crippen molar-refractivity contribution in [2.24, 2.45) is 5.41 Å². The molecule has 106 valence electrons. The van der Waals surface area contributed by atoms with Crippen molar-refractivity contribution in [3.05, 3.63) is 42.5 Å². The maximum absolute atomic E-state index is 11.8. The van der Waals surface area contributed by atoms with Gasteiger partial charge in [-0.3, -0.25) is 4.79 Å². The van der Waals surface area contributed by atoms with Gasteiger partial charge in [0.25, 0.3) is 0 Å². The van der Waals surface area contributed by atoms with Gasteiger partial charge >= 0.3 is 0 Å². The van der Waals surface area contributed by atoms with Crippen LogP contribution in [0.4, 0.5) is 5.69 Å². The van der Waals surface area contributed by atoms with E-state index in [1.807, 2.05) is 45.0 Å². The van der Waals surface area contributed by atoms with Crippen molar-refractivity contribution in [2.75, 3.05) is 5.32 Å². The third kappa shape index (κ3) is 4.50. The summed E-state index contributed by atoms with van der Waals surface area (Å²) in [5.41, 5.74) is 1.93. The number of nitrogens with one attached hydrogen (secondary N) is 1. The molecule has 0 aliphatic carbocycles. The van der Waals surface area contributed by atoms with Crippen LogP contribution in [-0.4, -0.2) is 20.7 Å². The van der Waals surface area contributed by atoms with Gasteiger partial charge in [-0.2, -0.15) is 5.10 Å². The highest BCUT2D eigenvalue weighted by Crippen LogP contribution is 2.19. The van der Waals surface area contributed by atoms with Crippen molar-refractivity contribution in [2.45, 2.75) is 33.7 Å². The van der Waals surface area contributed by atoms with Gasteiger partial charge in [0.15, 0.2) is 0 Å². The van der Waals surface area contributed by atoms with E-state index in [9.17, 15) is 4.79 Å². The van der Waals surface area contributed by atoms with Crippen molar-refractivity contribution in [1.29, 1.82) is 0 Å². The molecule has 0 bridgehead atoms. The fourth-order valence-corrected chi connectivity index (χ4v) is 1.88. The molecule has 0 atom stereocenters. The Bertz CT molecular complexity index is 553. The first-order valence-corrected chi connectivity index (χ1v) is 6.64. The quantitative estimate of drug-likeness (QED) is 0.931. The predicted molar refractivity (Wildman–Crippen MR) is 78.3 cm³/mol. The number of nitrogens with zero attached hydrogens (tertiary/aromatic N) is 3. The first-order valence-electron chi connectivity index (χ1n) is 6.64. The molecule has 0 saturated carbocycles. The lowest BCUT2D eigenvalue weighted by atomic mass is 9.92. The van der Waals surface area contributed by atoms with Crippen LogP contribution < -0.4 is 5.32 Å². The van der Waals surface area contributed by atoms with Crippen LogP contribution >= 0.6 is 0 Å². The summed E-state index contributed by atoms with van der Waals surface area (Å²) >= 11 is 0. The van der Waals surface area contributed by atoms with Gasteiger partial charge in [-0.15, -0.1) is 0 Å². The summed E-state index contributed by atoms with van der Waals surface area (Å²) < 4.78 is 1.76. The number of hydrogen-bond acceptors (Lipinski definition) is 3. The average molecular weight is 272 g/mol. The molecule has 0 fully saturated rings. The first-order chi connectivity index (χ1) is 9.42. The zero-order valence-electron chi connectivity index (χ0n) is 12.1. The Morgan fingerprint density at radius 3 is 2.50 bits per heavy atom. The van der Waals surface area contributed by atoms with E-state index in [-0.39, 0.29) is 11.3 Å². The van der Waals surface area contributed by atoms with Crippen molar-refractivity contribution in [1.82, 2.24) is 14.8 Å². The van der Waals surface area contributed by atoms with Gasteiger partial charge in [0, 0.05) is 12.1 Å². The van der Waals surface area contributed by atoms with Gasteiger partial charge in [-0.05, 0) is 23.1 Å². The molecule has 2 rings (SSSR count). The Balaban J connectivity index is 1.93. The molecule has 0 spiro atoms. The largest absolute Gasteiger partial charge is 0.326 e. The van der Waals surface area contributed by atoms with Crippen LogP contribution in [-0.2, 0) is 11.3 Å². The van der Waals surface area contributed by atoms with Crippen LogP contribution in [0.5, 0.6) is 0 Å². The van der Waals surface area contributed by atoms with Crippen molar-refractivity contribution in [3.8, 4) is 0 Å². The van der Waals surface area contributed by atoms with Crippen molar-refractivity contribution < 1.29 is 4.79 Å². The Labute approximate surface area is 119 Å². The van der Waals surface area contributed by atoms with Gasteiger partial charge in [0.2, 0.25) is 5.91 Å². The topological polar surface area (TPSA) is 59.8 Å². The average Bonchev–Trinajstić information content (AvgIpc) is 2.82. The minimum Gasteiger partial charge on any atom is -0.326 e. The smallest absolute Gasteiger partial charge is 0.224 e. The molecule has 5 heteroatoms. The van der Waals surface area contributed by atoms with E-state index in [0.29, 0.717) is 13.0 Å². The number of benzene rings is 1. The number of anilines is 1. The number of carbonyl (C=O) groups excluding carboxylic acids is 1. The van der Waals surface area contributed by atoms with E-state index in [1.54, 1.807) is 11.0 Å². The number of hydrogen-bond donors (Lipinski definition) is 1. The number of carbonyl (C=O) groups is 1. The Morgan fingerprint density at radius 2 is 1.95 bits per heavy atom. The Kier molecular flexibility index (Phi) is 4.17. The molecular weight excluding hydrogens is 252 g/mol. The summed E-state index contributed by atoms with van der Waals surface area (Å²) in [6.45, 7) is 6.83. The second kappa shape index (κ2) is 5.86. The van der Waals surface area contributed by atoms with Gasteiger partial charge < -0.3 is 5.32 Å². The van der Waals surface area contributed by atoms with Crippen LogP contribution in [0.25, 0.3) is 0 Å². The molecule has 5 nitrogen and oxygen atoms in total. The normalized spacial score (nSPS) is 11.3. The maximum atomic E-state index is 11.8. The molecule has 0 aliphatic heterocycles. The van der Waals surface area contributed by atoms with Gasteiger partial charge in [0.1, 0.15) is 12.7 Å². The summed E-state index contributed by atoms with van der Waals surface area (Å²) in [4.78, 5) is 15.7. The summed E-state index contributed by atoms with van der Waals surface area (Å²) in [6.07, 6.45) is 3.70. The van der Waals surface area contributed by atoms with E-state index >= 15 is 0 Å². The molecule has 1 amide bonds. The van der Waals surface area contributed by atoms with E-state index in [2.05, 4.69) is 15.4 Å². The zero-order chi connectivity index (χ0) is 14.6. The van der Waals surface area contributed by atoms with E-state index in [4.69, 9.17) is 0 Å². The molecule has 2 aromatic rings. The Morgan fingerprint density at radius 1 is 1.25 bits per heavy atom. The molecule has 0 unspecified atom stereocenters. The fourth-order valence-electron chi connectivity index (χ4n) is 1.88. The molecule has 20 heavy (non-hydrogen) atoms. The van der Waals surface area contributed by atoms with Crippen molar-refractivity contribution >= 4 is 11.6 Å². The highest BCUT2D eigenvalue weighted by molar-refractivity contribution is 5.91. The SMILES string of the molecule is CC(C)(C)CC(=O)Nc1ccc(Cn2cncn2)cc1. The van der Waals surface area contributed by atoms with Crippen LogP contribution in [0.3, 0.4) is 0 Å². The fraction of sp³-hybridized carbons (Fsp3) is 0.400. The van der Waals surface area contributed by atoms with Crippen LogP contribution in [0.2, 0.25) is 0 Å². The van der Waals surface area contributed by atoms with Crippen LogP contribution in [0.1, 0.15) is 32.8 Å². The van der Waals surface area contributed by atoms with Crippen molar-refractivity contribution in [3.63, 3.8) is 0 Å². The molecule has 1 aromatic carbocycles. The van der Waals surface area contributed by atoms with E-state index in [1.165, 1.54) is 6.33 Å². The molecule has 0 saturated heterocycles. The molecule has 0 aliphatic rings. The summed E-state index contributed by atoms with van der Waals surface area (Å²) in [6, 6.07) is 7.78. The third-order valence-corrected chi connectivity index (χ3v) is 2.74. The summed E-state index contributed by atoms with van der Waals surface area (Å²) in [5.74, 6) is 0.0431. The maximum Gasteiger partial charge on any atom is 0.224 e. The Hall–Kier alpha value is -2.17. The number of aromatic nitrogens is 3. The highest BCUT2D eigenvalue weighted by atomic mass is 16.1. The molecular formula is C15H20N4O. The third-order valence-electron chi connectivity index (χ3n) is 2.74. The predicted octanol–water partition coefficient (Wildman–Crippen LogP) is 2.70. The summed E-state index contributed by atoms with van der Waals surface area (Å²) in [5, 5.41) is 6.97. The second-order valence-electron chi connectivity index (χ2n) is 6.08. The number of rotatable bonds is 4. The van der Waals surface area contributed by atoms with Crippen LogP contribution in [0, 0.1) is 5.41 Å².